The molecule has 3 N–H and O–H groups in total. The van der Waals surface area contributed by atoms with Crippen LogP contribution in [0, 0.1) is 5.92 Å². The number of nitrogens with one attached hydrogen (secondary N) is 3. The number of H-pyrrole nitrogens is 2. The summed E-state index contributed by atoms with van der Waals surface area (Å²) < 4.78 is 2.32. The Hall–Kier alpha value is -3.73. The number of benzene rings is 1. The van der Waals surface area contributed by atoms with Crippen LogP contribution in [-0.2, 0) is 17.8 Å². The fraction of sp³-hybridized carbons (Fsp3) is 0.464. The molecule has 0 spiro atoms. The second-order valence-electron chi connectivity index (χ2n) is 10.3. The van der Waals surface area contributed by atoms with E-state index in [2.05, 4.69) is 50.4 Å². The molecule has 0 unspecified atom stereocenters. The van der Waals surface area contributed by atoms with Crippen molar-refractivity contribution >= 4 is 34.2 Å². The van der Waals surface area contributed by atoms with Crippen LogP contribution in [0.5, 0.6) is 0 Å². The minimum absolute atomic E-state index is 0.120. The third-order valence-electron chi connectivity index (χ3n) is 6.87. The second kappa shape index (κ2) is 12.4. The molecule has 0 saturated heterocycles. The molecule has 1 atom stereocenters. The Bertz CT molecular complexity index is 1460. The van der Waals surface area contributed by atoms with Gasteiger partial charge in [0, 0.05) is 30.0 Å². The number of aromatic amines is 2. The SMILES string of the molecule is CCC(CC)n1c(Cc2cccs2)nc2cc(C(=O)N[C@@H](CC(C)C)C(=O)N(C)Cc3n[nH]c(=O)[nH]3)ccc21. The molecule has 0 saturated carbocycles. The number of rotatable bonds is 12. The summed E-state index contributed by atoms with van der Waals surface area (Å²) in [6, 6.07) is 9.35. The van der Waals surface area contributed by atoms with Crippen LogP contribution >= 0.6 is 11.3 Å². The van der Waals surface area contributed by atoms with Crippen molar-refractivity contribution in [1.29, 1.82) is 0 Å². The number of fused-ring (bicyclic) bond motifs is 1. The first-order valence-electron chi connectivity index (χ1n) is 13.4. The molecule has 208 valence electrons. The zero-order valence-electron chi connectivity index (χ0n) is 23.2. The summed E-state index contributed by atoms with van der Waals surface area (Å²) in [5.41, 5.74) is 1.81. The predicted molar refractivity (Wildman–Crippen MR) is 153 cm³/mol. The molecule has 4 rings (SSSR count). The van der Waals surface area contributed by atoms with E-state index in [4.69, 9.17) is 4.98 Å². The zero-order valence-corrected chi connectivity index (χ0v) is 24.0. The van der Waals surface area contributed by atoms with Gasteiger partial charge in [0.25, 0.3) is 5.91 Å². The van der Waals surface area contributed by atoms with Crippen molar-refractivity contribution in [3.05, 3.63) is 68.3 Å². The summed E-state index contributed by atoms with van der Waals surface area (Å²) in [6.45, 7) is 8.49. The molecule has 0 radical (unpaired) electrons. The van der Waals surface area contributed by atoms with Gasteiger partial charge in [0.05, 0.1) is 17.6 Å². The van der Waals surface area contributed by atoms with Gasteiger partial charge in [-0.1, -0.05) is 33.8 Å². The third-order valence-corrected chi connectivity index (χ3v) is 7.75. The average molecular weight is 552 g/mol. The van der Waals surface area contributed by atoms with Gasteiger partial charge >= 0.3 is 5.69 Å². The summed E-state index contributed by atoms with van der Waals surface area (Å²) >= 11 is 1.71. The van der Waals surface area contributed by atoms with Gasteiger partial charge in [0.1, 0.15) is 11.9 Å². The molecule has 11 heteroatoms. The van der Waals surface area contributed by atoms with Gasteiger partial charge in [-0.25, -0.2) is 14.9 Å². The summed E-state index contributed by atoms with van der Waals surface area (Å²) in [7, 11) is 1.63. The number of imidazole rings is 1. The van der Waals surface area contributed by atoms with Crippen molar-refractivity contribution in [3.8, 4) is 0 Å². The summed E-state index contributed by atoms with van der Waals surface area (Å²) in [5, 5.41) is 11.2. The number of likely N-dealkylation sites (N-methyl/N-ethyl adjacent to an activating group) is 1. The highest BCUT2D eigenvalue weighted by molar-refractivity contribution is 7.09. The fourth-order valence-corrected chi connectivity index (χ4v) is 5.63. The highest BCUT2D eigenvalue weighted by Crippen LogP contribution is 2.28. The first-order valence-corrected chi connectivity index (χ1v) is 14.3. The van der Waals surface area contributed by atoms with Crippen molar-refractivity contribution in [2.75, 3.05) is 7.05 Å². The van der Waals surface area contributed by atoms with E-state index >= 15 is 0 Å². The van der Waals surface area contributed by atoms with E-state index < -0.39 is 11.7 Å². The van der Waals surface area contributed by atoms with Crippen molar-refractivity contribution in [2.45, 2.75) is 72.0 Å². The van der Waals surface area contributed by atoms with E-state index in [1.54, 1.807) is 18.4 Å². The molecule has 0 fully saturated rings. The Morgan fingerprint density at radius 2 is 1.95 bits per heavy atom. The van der Waals surface area contributed by atoms with Gasteiger partial charge in [-0.05, 0) is 54.8 Å². The summed E-state index contributed by atoms with van der Waals surface area (Å²) in [4.78, 5) is 48.2. The first kappa shape index (κ1) is 28.3. The lowest BCUT2D eigenvalue weighted by atomic mass is 10.0. The Kier molecular flexibility index (Phi) is 9.01. The van der Waals surface area contributed by atoms with Crippen LogP contribution in [0.15, 0.2) is 40.5 Å². The quantitative estimate of drug-likeness (QED) is 0.242. The lowest BCUT2D eigenvalue weighted by Crippen LogP contribution is -2.47. The van der Waals surface area contributed by atoms with Crippen LogP contribution in [0.4, 0.5) is 0 Å². The number of thiophene rings is 1. The van der Waals surface area contributed by atoms with E-state index in [1.165, 1.54) is 9.78 Å². The molecule has 0 bridgehead atoms. The molecule has 10 nitrogen and oxygen atoms in total. The fourth-order valence-electron chi connectivity index (χ4n) is 4.93. The third kappa shape index (κ3) is 6.65. The molecule has 0 aliphatic heterocycles. The average Bonchev–Trinajstić information content (AvgIpc) is 3.64. The standard InChI is InChI=1S/C28H37N7O3S/c1-6-19(7-2)35-23-11-10-18(14-21(23)29-25(35)15-20-9-8-12-39-20)26(36)30-22(13-17(3)4)27(37)34(5)16-24-31-28(38)33-32-24/h8-12,14,17,19,22H,6-7,13,15-16H2,1-5H3,(H,30,36)(H2,31,32,33,38)/t22-/m0/s1. The highest BCUT2D eigenvalue weighted by Gasteiger charge is 2.27. The monoisotopic (exact) mass is 551 g/mol. The van der Waals surface area contributed by atoms with Gasteiger partial charge in [0.2, 0.25) is 5.91 Å². The first-order chi connectivity index (χ1) is 18.7. The van der Waals surface area contributed by atoms with Gasteiger partial charge < -0.3 is 14.8 Å². The van der Waals surface area contributed by atoms with Crippen LogP contribution in [0.25, 0.3) is 11.0 Å². The topological polar surface area (TPSA) is 129 Å². The largest absolute Gasteiger partial charge is 0.340 e. The molecule has 0 aliphatic rings. The number of aromatic nitrogens is 5. The van der Waals surface area contributed by atoms with Crippen LogP contribution in [-0.4, -0.2) is 54.5 Å². The van der Waals surface area contributed by atoms with Crippen LogP contribution in [0.1, 0.15) is 79.9 Å². The van der Waals surface area contributed by atoms with E-state index in [9.17, 15) is 14.4 Å². The predicted octanol–water partition coefficient (Wildman–Crippen LogP) is 4.26. The molecular weight excluding hydrogens is 514 g/mol. The van der Waals surface area contributed by atoms with E-state index in [0.29, 0.717) is 23.9 Å². The molecule has 39 heavy (non-hydrogen) atoms. The molecule has 3 aromatic heterocycles. The van der Waals surface area contributed by atoms with Crippen molar-refractivity contribution < 1.29 is 9.59 Å². The lowest BCUT2D eigenvalue weighted by molar-refractivity contribution is -0.133. The van der Waals surface area contributed by atoms with Gasteiger partial charge in [-0.2, -0.15) is 5.10 Å². The lowest BCUT2D eigenvalue weighted by Gasteiger charge is -2.25. The molecule has 1 aromatic carbocycles. The maximum Gasteiger partial charge on any atom is 0.340 e. The number of carbonyl (C=O) groups is 2. The number of hydrogen-bond donors (Lipinski definition) is 3. The highest BCUT2D eigenvalue weighted by atomic mass is 32.1. The Morgan fingerprint density at radius 1 is 1.18 bits per heavy atom. The minimum atomic E-state index is -0.722. The molecule has 2 amide bonds. The Balaban J connectivity index is 1.58. The normalized spacial score (nSPS) is 12.4. The molecule has 4 aromatic rings. The van der Waals surface area contributed by atoms with Gasteiger partial charge in [-0.15, -0.1) is 11.3 Å². The summed E-state index contributed by atoms with van der Waals surface area (Å²) in [6.07, 6.45) is 3.19. The smallest absolute Gasteiger partial charge is 0.340 e. The van der Waals surface area contributed by atoms with Crippen molar-refractivity contribution in [3.63, 3.8) is 0 Å². The van der Waals surface area contributed by atoms with Crippen LogP contribution in [0.2, 0.25) is 0 Å². The van der Waals surface area contributed by atoms with Gasteiger partial charge in [0.15, 0.2) is 5.82 Å². The Morgan fingerprint density at radius 3 is 2.56 bits per heavy atom. The van der Waals surface area contributed by atoms with Crippen LogP contribution < -0.4 is 11.0 Å². The van der Waals surface area contributed by atoms with E-state index in [-0.39, 0.29) is 24.3 Å². The molecule has 0 aliphatic carbocycles. The zero-order chi connectivity index (χ0) is 28.1. The second-order valence-corrected chi connectivity index (χ2v) is 11.3. The maximum atomic E-state index is 13.4. The van der Waals surface area contributed by atoms with Crippen molar-refractivity contribution in [1.82, 2.24) is 34.9 Å². The number of amides is 2. The van der Waals surface area contributed by atoms with Crippen LogP contribution in [0.3, 0.4) is 0 Å². The van der Waals surface area contributed by atoms with Gasteiger partial charge in [-0.3, -0.25) is 14.6 Å². The molecule has 3 heterocycles. The van der Waals surface area contributed by atoms with Crippen molar-refractivity contribution in [2.24, 2.45) is 5.92 Å². The maximum absolute atomic E-state index is 13.4. The number of hydrogen-bond acceptors (Lipinski definition) is 6. The molecular formula is C28H37N7O3S. The Labute approximate surface area is 231 Å². The van der Waals surface area contributed by atoms with E-state index in [0.717, 1.165) is 36.1 Å². The van der Waals surface area contributed by atoms with E-state index in [1.807, 2.05) is 38.1 Å². The summed E-state index contributed by atoms with van der Waals surface area (Å²) in [5.74, 6) is 0.940. The number of nitrogens with zero attached hydrogens (tertiary/aromatic N) is 4. The number of carbonyl (C=O) groups excluding carboxylic acids is 2. The minimum Gasteiger partial charge on any atom is -0.340 e.